The van der Waals surface area contributed by atoms with E-state index >= 15 is 0 Å². The molecule has 0 radical (unpaired) electrons. The number of methoxy groups -OCH3 is 1. The maximum atomic E-state index is 11.4. The minimum Gasteiger partial charge on any atom is -0.464 e. The molecule has 0 saturated carbocycles. The van der Waals surface area contributed by atoms with Gasteiger partial charge < -0.3 is 4.74 Å². The SMILES string of the molecule is COC(=O)c1ncc(-c2ccccc2Cl)cc1I. The van der Waals surface area contributed by atoms with Crippen LogP contribution in [0.15, 0.2) is 36.5 Å². The lowest BCUT2D eigenvalue weighted by Crippen LogP contribution is -2.06. The minimum absolute atomic E-state index is 0.314. The number of carbonyl (C=O) groups excluding carboxylic acids is 1. The van der Waals surface area contributed by atoms with Gasteiger partial charge in [-0.2, -0.15) is 0 Å². The van der Waals surface area contributed by atoms with Crippen molar-refractivity contribution in [3.05, 3.63) is 50.8 Å². The van der Waals surface area contributed by atoms with Crippen molar-refractivity contribution in [2.45, 2.75) is 0 Å². The molecule has 1 heterocycles. The van der Waals surface area contributed by atoms with Crippen molar-refractivity contribution in [1.29, 1.82) is 0 Å². The highest BCUT2D eigenvalue weighted by Gasteiger charge is 2.13. The molecular weight excluding hydrogens is 365 g/mol. The van der Waals surface area contributed by atoms with Crippen LogP contribution in [0.1, 0.15) is 10.5 Å². The Balaban J connectivity index is 2.47. The van der Waals surface area contributed by atoms with Crippen molar-refractivity contribution >= 4 is 40.2 Å². The summed E-state index contributed by atoms with van der Waals surface area (Å²) in [5, 5.41) is 0.654. The number of esters is 1. The molecule has 2 aromatic rings. The van der Waals surface area contributed by atoms with E-state index in [2.05, 4.69) is 32.3 Å². The predicted octanol–water partition coefficient (Wildman–Crippen LogP) is 3.79. The lowest BCUT2D eigenvalue weighted by atomic mass is 10.1. The van der Waals surface area contributed by atoms with Crippen LogP contribution in [-0.2, 0) is 4.74 Å². The van der Waals surface area contributed by atoms with E-state index in [1.807, 2.05) is 30.3 Å². The molecule has 1 aromatic carbocycles. The Morgan fingerprint density at radius 2 is 2.11 bits per heavy atom. The van der Waals surface area contributed by atoms with Gasteiger partial charge in [0.25, 0.3) is 0 Å². The molecule has 0 fully saturated rings. The van der Waals surface area contributed by atoms with Gasteiger partial charge in [-0.1, -0.05) is 29.8 Å². The molecule has 0 bridgehead atoms. The number of benzene rings is 1. The van der Waals surface area contributed by atoms with Crippen LogP contribution in [0.3, 0.4) is 0 Å². The molecule has 0 unspecified atom stereocenters. The Labute approximate surface area is 123 Å². The monoisotopic (exact) mass is 373 g/mol. The number of rotatable bonds is 2. The van der Waals surface area contributed by atoms with Crippen LogP contribution in [-0.4, -0.2) is 18.1 Å². The second kappa shape index (κ2) is 5.67. The molecule has 0 aliphatic rings. The lowest BCUT2D eigenvalue weighted by Gasteiger charge is -2.06. The molecule has 0 aliphatic heterocycles. The van der Waals surface area contributed by atoms with Crippen molar-refractivity contribution in [2.75, 3.05) is 7.11 Å². The van der Waals surface area contributed by atoms with Crippen molar-refractivity contribution < 1.29 is 9.53 Å². The van der Waals surface area contributed by atoms with Crippen molar-refractivity contribution in [3.63, 3.8) is 0 Å². The van der Waals surface area contributed by atoms with Gasteiger partial charge in [0.05, 0.1) is 7.11 Å². The Bertz CT molecular complexity index is 601. The normalized spacial score (nSPS) is 10.2. The van der Waals surface area contributed by atoms with E-state index in [1.54, 1.807) is 6.20 Å². The summed E-state index contributed by atoms with van der Waals surface area (Å²) in [6, 6.07) is 9.36. The number of pyridine rings is 1. The number of halogens is 2. The molecule has 0 aliphatic carbocycles. The summed E-state index contributed by atoms with van der Waals surface area (Å²) < 4.78 is 5.39. The van der Waals surface area contributed by atoms with E-state index in [9.17, 15) is 4.79 Å². The Hall–Kier alpha value is -1.14. The highest BCUT2D eigenvalue weighted by atomic mass is 127. The largest absolute Gasteiger partial charge is 0.464 e. The van der Waals surface area contributed by atoms with Crippen LogP contribution in [0.25, 0.3) is 11.1 Å². The molecular formula is C13H9ClINO2. The smallest absolute Gasteiger partial charge is 0.357 e. The summed E-state index contributed by atoms with van der Waals surface area (Å²) in [7, 11) is 1.34. The van der Waals surface area contributed by atoms with Gasteiger partial charge in [0.1, 0.15) is 0 Å². The highest BCUT2D eigenvalue weighted by molar-refractivity contribution is 14.1. The summed E-state index contributed by atoms with van der Waals surface area (Å²) in [5.74, 6) is -0.440. The van der Waals surface area contributed by atoms with Crippen LogP contribution in [0.4, 0.5) is 0 Å². The van der Waals surface area contributed by atoms with Gasteiger partial charge in [-0.15, -0.1) is 0 Å². The maximum absolute atomic E-state index is 11.4. The second-order valence-electron chi connectivity index (χ2n) is 3.53. The van der Waals surface area contributed by atoms with Crippen molar-refractivity contribution in [3.8, 4) is 11.1 Å². The molecule has 0 saturated heterocycles. The van der Waals surface area contributed by atoms with Crippen LogP contribution in [0.2, 0.25) is 5.02 Å². The predicted molar refractivity (Wildman–Crippen MR) is 78.7 cm³/mol. The number of ether oxygens (including phenoxy) is 1. The van der Waals surface area contributed by atoms with Gasteiger partial charge in [-0.3, -0.25) is 0 Å². The fourth-order valence-corrected chi connectivity index (χ4v) is 2.47. The summed E-state index contributed by atoms with van der Waals surface area (Å²) in [4.78, 5) is 15.6. The first-order valence-electron chi connectivity index (χ1n) is 5.12. The van der Waals surface area contributed by atoms with Crippen LogP contribution in [0.5, 0.6) is 0 Å². The maximum Gasteiger partial charge on any atom is 0.357 e. The highest BCUT2D eigenvalue weighted by Crippen LogP contribution is 2.28. The standard InChI is InChI=1S/C13H9ClINO2/c1-18-13(17)12-11(15)6-8(7-16-12)9-4-2-3-5-10(9)14/h2-7H,1H3. The van der Waals surface area contributed by atoms with E-state index in [1.165, 1.54) is 7.11 Å². The van der Waals surface area contributed by atoms with Gasteiger partial charge in [-0.25, -0.2) is 9.78 Å². The van der Waals surface area contributed by atoms with E-state index in [0.29, 0.717) is 10.7 Å². The quantitative estimate of drug-likeness (QED) is 0.594. The average molecular weight is 374 g/mol. The van der Waals surface area contributed by atoms with Gasteiger partial charge in [0, 0.05) is 25.9 Å². The Kier molecular flexibility index (Phi) is 4.19. The number of nitrogens with zero attached hydrogens (tertiary/aromatic N) is 1. The molecule has 0 N–H and O–H groups in total. The third-order valence-electron chi connectivity index (χ3n) is 2.40. The Morgan fingerprint density at radius 1 is 1.39 bits per heavy atom. The van der Waals surface area contributed by atoms with Gasteiger partial charge in [0.15, 0.2) is 5.69 Å². The van der Waals surface area contributed by atoms with E-state index < -0.39 is 5.97 Å². The van der Waals surface area contributed by atoms with Crippen LogP contribution in [0, 0.1) is 3.57 Å². The first kappa shape index (κ1) is 13.3. The van der Waals surface area contributed by atoms with Crippen molar-refractivity contribution in [1.82, 2.24) is 4.98 Å². The summed E-state index contributed by atoms with van der Waals surface area (Å²) in [6.07, 6.45) is 1.62. The number of carbonyl (C=O) groups is 1. The van der Waals surface area contributed by atoms with Gasteiger partial charge in [0.2, 0.25) is 0 Å². The van der Waals surface area contributed by atoms with Gasteiger partial charge >= 0.3 is 5.97 Å². The zero-order chi connectivity index (χ0) is 13.1. The molecule has 0 amide bonds. The van der Waals surface area contributed by atoms with Crippen LogP contribution < -0.4 is 0 Å². The number of hydrogen-bond acceptors (Lipinski definition) is 3. The molecule has 1 aromatic heterocycles. The van der Waals surface area contributed by atoms with Crippen LogP contribution >= 0.6 is 34.2 Å². The van der Waals surface area contributed by atoms with Crippen molar-refractivity contribution in [2.24, 2.45) is 0 Å². The lowest BCUT2D eigenvalue weighted by molar-refractivity contribution is 0.0593. The Morgan fingerprint density at radius 3 is 2.72 bits per heavy atom. The fraction of sp³-hybridized carbons (Fsp3) is 0.0769. The van der Waals surface area contributed by atoms with Gasteiger partial charge in [-0.05, 0) is 34.7 Å². The molecule has 92 valence electrons. The summed E-state index contributed by atoms with van der Waals surface area (Å²) in [6.45, 7) is 0. The minimum atomic E-state index is -0.440. The first-order chi connectivity index (χ1) is 8.63. The third kappa shape index (κ3) is 2.64. The first-order valence-corrected chi connectivity index (χ1v) is 6.58. The molecule has 5 heteroatoms. The zero-order valence-corrected chi connectivity index (χ0v) is 12.4. The van der Waals surface area contributed by atoms with E-state index in [0.717, 1.165) is 14.7 Å². The van der Waals surface area contributed by atoms with E-state index in [4.69, 9.17) is 11.6 Å². The summed E-state index contributed by atoms with van der Waals surface area (Å²) in [5.41, 5.74) is 2.08. The molecule has 18 heavy (non-hydrogen) atoms. The fourth-order valence-electron chi connectivity index (χ4n) is 1.53. The number of hydrogen-bond donors (Lipinski definition) is 0. The summed E-state index contributed by atoms with van der Waals surface area (Å²) >= 11 is 8.18. The van der Waals surface area contributed by atoms with E-state index in [-0.39, 0.29) is 0 Å². The molecule has 0 atom stereocenters. The molecule has 2 rings (SSSR count). The zero-order valence-electron chi connectivity index (χ0n) is 9.48. The molecule has 0 spiro atoms. The topological polar surface area (TPSA) is 39.2 Å². The molecule has 3 nitrogen and oxygen atoms in total. The number of aromatic nitrogens is 1. The third-order valence-corrected chi connectivity index (χ3v) is 3.56. The average Bonchev–Trinajstić information content (AvgIpc) is 2.38. The second-order valence-corrected chi connectivity index (χ2v) is 5.10.